The molecule has 1 aliphatic heterocycles. The van der Waals surface area contributed by atoms with E-state index in [-0.39, 0.29) is 18.1 Å². The van der Waals surface area contributed by atoms with Crippen LogP contribution in [0.2, 0.25) is 0 Å². The number of hydrogen-bond acceptors (Lipinski definition) is 6. The van der Waals surface area contributed by atoms with Crippen LogP contribution in [0.25, 0.3) is 0 Å². The zero-order valence-electron chi connectivity index (χ0n) is 10.8. The topological polar surface area (TPSA) is 108 Å². The molecule has 106 valence electrons. The molecule has 1 unspecified atom stereocenters. The Bertz CT molecular complexity index is 597. The van der Waals surface area contributed by atoms with Gasteiger partial charge in [-0.1, -0.05) is 0 Å². The van der Waals surface area contributed by atoms with Crippen LogP contribution in [-0.4, -0.2) is 46.1 Å². The summed E-state index contributed by atoms with van der Waals surface area (Å²) >= 11 is 1.10. The van der Waals surface area contributed by atoms with Gasteiger partial charge in [0.1, 0.15) is 18.3 Å². The van der Waals surface area contributed by atoms with Crippen LogP contribution in [0.4, 0.5) is 5.13 Å². The molecule has 1 saturated heterocycles. The molecule has 1 aromatic heterocycles. The van der Waals surface area contributed by atoms with Crippen LogP contribution < -0.4 is 10.6 Å². The number of nitrogens with zero attached hydrogens (tertiary/aromatic N) is 2. The van der Waals surface area contributed by atoms with Gasteiger partial charge >= 0.3 is 0 Å². The summed E-state index contributed by atoms with van der Waals surface area (Å²) in [5, 5.41) is 6.38. The first kappa shape index (κ1) is 14.1. The van der Waals surface area contributed by atoms with Crippen molar-refractivity contribution in [1.82, 2.24) is 15.2 Å². The maximum absolute atomic E-state index is 12.2. The molecule has 1 fully saturated rings. The second-order valence-corrected chi connectivity index (χ2v) is 5.10. The lowest BCUT2D eigenvalue weighted by Gasteiger charge is -2.30. The fourth-order valence-electron chi connectivity index (χ4n) is 1.69. The number of anilines is 1. The third kappa shape index (κ3) is 2.82. The van der Waals surface area contributed by atoms with Gasteiger partial charge in [-0.3, -0.25) is 24.5 Å². The van der Waals surface area contributed by atoms with Crippen molar-refractivity contribution in [3.05, 3.63) is 11.1 Å². The van der Waals surface area contributed by atoms with Gasteiger partial charge < -0.3 is 10.2 Å². The number of imide groups is 1. The average Bonchev–Trinajstić information content (AvgIpc) is 2.80. The lowest BCUT2D eigenvalue weighted by molar-refractivity contribution is -0.138. The molecule has 0 aromatic carbocycles. The Kier molecular flexibility index (Phi) is 3.79. The van der Waals surface area contributed by atoms with E-state index in [0.29, 0.717) is 5.13 Å². The first-order valence-corrected chi connectivity index (χ1v) is 6.64. The third-order valence-corrected chi connectivity index (χ3v) is 3.45. The highest BCUT2D eigenvalue weighted by Gasteiger charge is 2.34. The molecular weight excluding hydrogens is 284 g/mol. The van der Waals surface area contributed by atoms with Crippen LogP contribution in [0.1, 0.15) is 24.3 Å². The highest BCUT2D eigenvalue weighted by molar-refractivity contribution is 7.14. The summed E-state index contributed by atoms with van der Waals surface area (Å²) < 4.78 is 0. The molecule has 2 heterocycles. The average molecular weight is 296 g/mol. The van der Waals surface area contributed by atoms with Crippen LogP contribution >= 0.6 is 11.3 Å². The van der Waals surface area contributed by atoms with Crippen LogP contribution in [-0.2, 0) is 14.4 Å². The van der Waals surface area contributed by atoms with E-state index in [1.54, 1.807) is 0 Å². The fraction of sp³-hybridized carbons (Fsp3) is 0.364. The van der Waals surface area contributed by atoms with Gasteiger partial charge in [0.05, 0.1) is 0 Å². The second kappa shape index (κ2) is 5.37. The maximum Gasteiger partial charge on any atom is 0.274 e. The van der Waals surface area contributed by atoms with E-state index in [2.05, 4.69) is 15.6 Å². The third-order valence-electron chi connectivity index (χ3n) is 2.69. The summed E-state index contributed by atoms with van der Waals surface area (Å²) in [4.78, 5) is 51.0. The minimum absolute atomic E-state index is 0.0908. The van der Waals surface area contributed by atoms with E-state index in [4.69, 9.17) is 0 Å². The Morgan fingerprint density at radius 1 is 1.50 bits per heavy atom. The number of nitrogens with one attached hydrogen (secondary N) is 2. The summed E-state index contributed by atoms with van der Waals surface area (Å²) in [6.07, 6.45) is 0. The van der Waals surface area contributed by atoms with Crippen molar-refractivity contribution in [3.63, 3.8) is 0 Å². The molecule has 0 radical (unpaired) electrons. The smallest absolute Gasteiger partial charge is 0.274 e. The van der Waals surface area contributed by atoms with Crippen molar-refractivity contribution in [3.8, 4) is 0 Å². The Morgan fingerprint density at radius 3 is 2.85 bits per heavy atom. The van der Waals surface area contributed by atoms with Crippen molar-refractivity contribution in [2.24, 2.45) is 0 Å². The van der Waals surface area contributed by atoms with Gasteiger partial charge in [0.25, 0.3) is 5.91 Å². The highest BCUT2D eigenvalue weighted by atomic mass is 32.1. The second-order valence-electron chi connectivity index (χ2n) is 4.24. The van der Waals surface area contributed by atoms with Gasteiger partial charge in [0, 0.05) is 12.3 Å². The first-order chi connectivity index (χ1) is 9.38. The molecule has 1 aromatic rings. The van der Waals surface area contributed by atoms with Crippen molar-refractivity contribution in [2.75, 3.05) is 11.9 Å². The van der Waals surface area contributed by atoms with Gasteiger partial charge in [-0.15, -0.1) is 11.3 Å². The zero-order valence-corrected chi connectivity index (χ0v) is 11.6. The Labute approximate surface area is 118 Å². The minimum atomic E-state index is -0.744. The van der Waals surface area contributed by atoms with E-state index in [1.165, 1.54) is 19.2 Å². The number of thiazole rings is 1. The number of piperazine rings is 1. The van der Waals surface area contributed by atoms with E-state index in [1.807, 2.05) is 0 Å². The molecule has 0 spiro atoms. The summed E-state index contributed by atoms with van der Waals surface area (Å²) in [6, 6.07) is -0.744. The molecule has 4 amide bonds. The predicted molar refractivity (Wildman–Crippen MR) is 70.1 cm³/mol. The van der Waals surface area contributed by atoms with Crippen LogP contribution in [0, 0.1) is 0 Å². The van der Waals surface area contributed by atoms with Gasteiger partial charge in [0.2, 0.25) is 17.7 Å². The Morgan fingerprint density at radius 2 is 2.20 bits per heavy atom. The molecule has 0 saturated carbocycles. The fourth-order valence-corrected chi connectivity index (χ4v) is 2.42. The van der Waals surface area contributed by atoms with Crippen LogP contribution in [0.5, 0.6) is 0 Å². The number of carbonyl (C=O) groups is 4. The summed E-state index contributed by atoms with van der Waals surface area (Å²) in [5.41, 5.74) is 0.0908. The molecule has 0 bridgehead atoms. The van der Waals surface area contributed by atoms with Crippen molar-refractivity contribution in [2.45, 2.75) is 19.9 Å². The lowest BCUT2D eigenvalue weighted by atomic mass is 10.2. The quantitative estimate of drug-likeness (QED) is 0.721. The molecule has 1 atom stereocenters. The first-order valence-electron chi connectivity index (χ1n) is 5.76. The van der Waals surface area contributed by atoms with E-state index >= 15 is 0 Å². The van der Waals surface area contributed by atoms with Crippen molar-refractivity contribution < 1.29 is 19.2 Å². The van der Waals surface area contributed by atoms with Crippen LogP contribution in [0.3, 0.4) is 0 Å². The van der Waals surface area contributed by atoms with Gasteiger partial charge in [-0.25, -0.2) is 4.98 Å². The Balaban J connectivity index is 2.17. The predicted octanol–water partition coefficient (Wildman–Crippen LogP) is -0.411. The van der Waals surface area contributed by atoms with Gasteiger partial charge in [-0.2, -0.15) is 0 Å². The van der Waals surface area contributed by atoms with Crippen molar-refractivity contribution in [1.29, 1.82) is 0 Å². The van der Waals surface area contributed by atoms with Crippen molar-refractivity contribution >= 4 is 40.1 Å². The molecule has 20 heavy (non-hydrogen) atoms. The van der Waals surface area contributed by atoms with E-state index < -0.39 is 23.8 Å². The van der Waals surface area contributed by atoms with E-state index in [9.17, 15) is 19.2 Å². The zero-order chi connectivity index (χ0) is 14.9. The maximum atomic E-state index is 12.2. The number of amides is 4. The summed E-state index contributed by atoms with van der Waals surface area (Å²) in [7, 11) is 0. The molecule has 1 aliphatic rings. The van der Waals surface area contributed by atoms with Gasteiger partial charge in [0.15, 0.2) is 5.13 Å². The monoisotopic (exact) mass is 296 g/mol. The minimum Gasteiger partial charge on any atom is -0.316 e. The molecular formula is C11H12N4O4S. The summed E-state index contributed by atoms with van der Waals surface area (Å²) in [6.45, 7) is 2.66. The highest BCUT2D eigenvalue weighted by Crippen LogP contribution is 2.18. The number of carbonyl (C=O) groups excluding carboxylic acids is 4. The van der Waals surface area contributed by atoms with E-state index in [0.717, 1.165) is 16.2 Å². The van der Waals surface area contributed by atoms with Gasteiger partial charge in [-0.05, 0) is 6.92 Å². The van der Waals surface area contributed by atoms with Crippen LogP contribution in [0.15, 0.2) is 5.38 Å². The SMILES string of the molecule is CC(=O)Nc1nc(C(=O)N2CC(=O)NC(=O)C2C)cs1. The largest absolute Gasteiger partial charge is 0.316 e. The molecule has 8 nitrogen and oxygen atoms in total. The molecule has 2 N–H and O–H groups in total. The number of hydrogen-bond donors (Lipinski definition) is 2. The molecule has 9 heteroatoms. The lowest BCUT2D eigenvalue weighted by Crippen LogP contribution is -2.58. The standard InChI is InChI=1S/C11H12N4O4S/c1-5-9(18)14-8(17)3-15(5)10(19)7-4-20-11(13-7)12-6(2)16/h4-5H,3H2,1-2H3,(H,12,13,16)(H,14,17,18). The normalized spacial score (nSPS) is 18.7. The number of aromatic nitrogens is 1. The molecule has 0 aliphatic carbocycles. The summed E-state index contributed by atoms with van der Waals surface area (Å²) in [5.74, 6) is -1.86. The number of rotatable bonds is 2. The molecule has 2 rings (SSSR count). The Hall–Kier alpha value is -2.29.